The first kappa shape index (κ1) is 9.52. The van der Waals surface area contributed by atoms with Crippen LogP contribution in [0.3, 0.4) is 0 Å². The van der Waals surface area contributed by atoms with E-state index in [9.17, 15) is 9.90 Å². The van der Waals surface area contributed by atoms with Crippen LogP contribution in [0.4, 0.5) is 0 Å². The summed E-state index contributed by atoms with van der Waals surface area (Å²) in [7, 11) is 0. The zero-order chi connectivity index (χ0) is 9.35. The molecule has 70 valence electrons. The van der Waals surface area contributed by atoms with Gasteiger partial charge in [0.2, 0.25) is 0 Å². The first-order chi connectivity index (χ1) is 5.46. The summed E-state index contributed by atoms with van der Waals surface area (Å²) in [6.07, 6.45) is 2.91. The molecular weight excluding hydrogens is 156 g/mol. The molecule has 0 spiro atoms. The van der Waals surface area contributed by atoms with Crippen LogP contribution in [0.5, 0.6) is 0 Å². The molecule has 3 atom stereocenters. The fourth-order valence-corrected chi connectivity index (χ4v) is 2.14. The smallest absolute Gasteiger partial charge is 0.335 e. The van der Waals surface area contributed by atoms with Crippen molar-refractivity contribution in [1.82, 2.24) is 0 Å². The lowest BCUT2D eigenvalue weighted by Crippen LogP contribution is -2.43. The molecule has 1 fully saturated rings. The maximum Gasteiger partial charge on any atom is 0.335 e. The Balaban J connectivity index is 2.73. The van der Waals surface area contributed by atoms with Gasteiger partial charge in [-0.3, -0.25) is 0 Å². The minimum atomic E-state index is -1.53. The first-order valence-corrected chi connectivity index (χ1v) is 4.42. The van der Waals surface area contributed by atoms with E-state index in [4.69, 9.17) is 5.11 Å². The van der Waals surface area contributed by atoms with Crippen molar-refractivity contribution in [3.8, 4) is 0 Å². The van der Waals surface area contributed by atoms with E-state index in [0.717, 1.165) is 19.3 Å². The Kier molecular flexibility index (Phi) is 2.42. The number of hydrogen-bond acceptors (Lipinski definition) is 2. The van der Waals surface area contributed by atoms with Gasteiger partial charge in [-0.2, -0.15) is 0 Å². The van der Waals surface area contributed by atoms with E-state index in [0.29, 0.717) is 5.92 Å². The highest BCUT2D eigenvalue weighted by Crippen LogP contribution is 2.38. The van der Waals surface area contributed by atoms with Gasteiger partial charge >= 0.3 is 5.97 Å². The lowest BCUT2D eigenvalue weighted by atomic mass is 9.82. The summed E-state index contributed by atoms with van der Waals surface area (Å²) in [5.74, 6) is -0.840. The van der Waals surface area contributed by atoms with Crippen molar-refractivity contribution in [2.75, 3.05) is 0 Å². The molecular formula is C9H16O3. The van der Waals surface area contributed by atoms with Crippen molar-refractivity contribution in [2.24, 2.45) is 11.8 Å². The molecule has 1 aliphatic carbocycles. The average Bonchev–Trinajstić information content (AvgIpc) is 2.35. The average molecular weight is 172 g/mol. The second kappa shape index (κ2) is 3.05. The van der Waals surface area contributed by atoms with Crippen LogP contribution < -0.4 is 0 Å². The Morgan fingerprint density at radius 1 is 1.50 bits per heavy atom. The molecule has 3 heteroatoms. The van der Waals surface area contributed by atoms with Crippen LogP contribution in [0.25, 0.3) is 0 Å². The predicted molar refractivity (Wildman–Crippen MR) is 44.8 cm³/mol. The number of rotatable bonds is 2. The maximum absolute atomic E-state index is 10.7. The number of hydrogen-bond donors (Lipinski definition) is 2. The molecule has 3 unspecified atom stereocenters. The highest BCUT2D eigenvalue weighted by molar-refractivity contribution is 5.77. The number of carbonyl (C=O) groups is 1. The standard InChI is InChI=1S/C9H16O3/c1-6-4-3-5-7(6)9(2,12)8(10)11/h6-7,12H,3-5H2,1-2H3,(H,10,11). The highest BCUT2D eigenvalue weighted by Gasteiger charge is 2.44. The van der Waals surface area contributed by atoms with Crippen molar-refractivity contribution in [3.05, 3.63) is 0 Å². The third-order valence-electron chi connectivity index (χ3n) is 3.02. The van der Waals surface area contributed by atoms with Gasteiger partial charge in [-0.1, -0.05) is 19.8 Å². The molecule has 1 rings (SSSR count). The van der Waals surface area contributed by atoms with E-state index in [1.807, 2.05) is 6.92 Å². The summed E-state index contributed by atoms with van der Waals surface area (Å²) in [5.41, 5.74) is -1.53. The minimum Gasteiger partial charge on any atom is -0.479 e. The van der Waals surface area contributed by atoms with Crippen molar-refractivity contribution < 1.29 is 15.0 Å². The number of carboxylic acids is 1. The molecule has 0 bridgehead atoms. The largest absolute Gasteiger partial charge is 0.479 e. The van der Waals surface area contributed by atoms with Gasteiger partial charge in [0.05, 0.1) is 0 Å². The molecule has 0 heterocycles. The second-order valence-corrected chi connectivity index (χ2v) is 3.97. The Labute approximate surface area is 72.4 Å². The minimum absolute atomic E-state index is 0.0741. The first-order valence-electron chi connectivity index (χ1n) is 4.42. The Morgan fingerprint density at radius 3 is 2.42 bits per heavy atom. The molecule has 0 saturated heterocycles. The normalized spacial score (nSPS) is 34.6. The van der Waals surface area contributed by atoms with Gasteiger partial charge in [-0.15, -0.1) is 0 Å². The van der Waals surface area contributed by atoms with Crippen molar-refractivity contribution in [2.45, 2.75) is 38.7 Å². The Bertz CT molecular complexity index is 186. The monoisotopic (exact) mass is 172 g/mol. The van der Waals surface area contributed by atoms with Crippen LogP contribution in [-0.2, 0) is 4.79 Å². The number of aliphatic carboxylic acids is 1. The number of carboxylic acid groups (broad SMARTS) is 1. The van der Waals surface area contributed by atoms with E-state index < -0.39 is 11.6 Å². The van der Waals surface area contributed by atoms with E-state index in [2.05, 4.69) is 0 Å². The van der Waals surface area contributed by atoms with Crippen molar-refractivity contribution in [3.63, 3.8) is 0 Å². The summed E-state index contributed by atoms with van der Waals surface area (Å²) in [4.78, 5) is 10.7. The summed E-state index contributed by atoms with van der Waals surface area (Å²) in [6, 6.07) is 0. The fourth-order valence-electron chi connectivity index (χ4n) is 2.14. The summed E-state index contributed by atoms with van der Waals surface area (Å²) < 4.78 is 0. The van der Waals surface area contributed by atoms with E-state index in [1.165, 1.54) is 6.92 Å². The molecule has 0 aromatic rings. The van der Waals surface area contributed by atoms with Crippen LogP contribution in [0.1, 0.15) is 33.1 Å². The zero-order valence-electron chi connectivity index (χ0n) is 7.58. The van der Waals surface area contributed by atoms with Gasteiger partial charge in [-0.25, -0.2) is 4.79 Å². The molecule has 0 aromatic heterocycles. The second-order valence-electron chi connectivity index (χ2n) is 3.97. The maximum atomic E-state index is 10.7. The lowest BCUT2D eigenvalue weighted by molar-refractivity contribution is -0.163. The molecule has 1 aliphatic rings. The molecule has 0 aliphatic heterocycles. The van der Waals surface area contributed by atoms with Gasteiger partial charge in [0.1, 0.15) is 0 Å². The molecule has 1 saturated carbocycles. The van der Waals surface area contributed by atoms with Crippen LogP contribution in [0.2, 0.25) is 0 Å². The van der Waals surface area contributed by atoms with Gasteiger partial charge < -0.3 is 10.2 Å². The molecule has 0 aromatic carbocycles. The molecule has 12 heavy (non-hydrogen) atoms. The third-order valence-corrected chi connectivity index (χ3v) is 3.02. The fraction of sp³-hybridized carbons (Fsp3) is 0.889. The van der Waals surface area contributed by atoms with Crippen LogP contribution in [-0.4, -0.2) is 21.8 Å². The predicted octanol–water partition coefficient (Wildman–Crippen LogP) is 1.26. The summed E-state index contributed by atoms with van der Waals surface area (Å²) >= 11 is 0. The molecule has 0 amide bonds. The SMILES string of the molecule is CC1CCCC1C(C)(O)C(=O)O. The van der Waals surface area contributed by atoms with Gasteiger partial charge in [0.15, 0.2) is 5.60 Å². The quantitative estimate of drug-likeness (QED) is 0.659. The van der Waals surface area contributed by atoms with E-state index in [-0.39, 0.29) is 5.92 Å². The summed E-state index contributed by atoms with van der Waals surface area (Å²) in [5, 5.41) is 18.4. The van der Waals surface area contributed by atoms with Gasteiger partial charge in [0.25, 0.3) is 0 Å². The van der Waals surface area contributed by atoms with E-state index in [1.54, 1.807) is 0 Å². The third kappa shape index (κ3) is 1.46. The van der Waals surface area contributed by atoms with Crippen LogP contribution in [0, 0.1) is 11.8 Å². The van der Waals surface area contributed by atoms with Crippen molar-refractivity contribution >= 4 is 5.97 Å². The lowest BCUT2D eigenvalue weighted by Gasteiger charge is -2.28. The molecule has 2 N–H and O–H groups in total. The topological polar surface area (TPSA) is 57.5 Å². The Hall–Kier alpha value is -0.570. The van der Waals surface area contributed by atoms with Crippen LogP contribution in [0.15, 0.2) is 0 Å². The molecule has 3 nitrogen and oxygen atoms in total. The van der Waals surface area contributed by atoms with Crippen molar-refractivity contribution in [1.29, 1.82) is 0 Å². The van der Waals surface area contributed by atoms with Gasteiger partial charge in [-0.05, 0) is 19.3 Å². The summed E-state index contributed by atoms with van der Waals surface area (Å²) in [6.45, 7) is 3.41. The Morgan fingerprint density at radius 2 is 2.08 bits per heavy atom. The van der Waals surface area contributed by atoms with E-state index >= 15 is 0 Å². The number of aliphatic hydroxyl groups is 1. The zero-order valence-corrected chi connectivity index (χ0v) is 7.58. The molecule has 0 radical (unpaired) electrons. The van der Waals surface area contributed by atoms with Crippen LogP contribution >= 0.6 is 0 Å². The van der Waals surface area contributed by atoms with Gasteiger partial charge in [0, 0.05) is 5.92 Å². The highest BCUT2D eigenvalue weighted by atomic mass is 16.4.